The molecule has 1 atom stereocenters. The van der Waals surface area contributed by atoms with Crippen LogP contribution in [0.2, 0.25) is 0 Å². The number of carbonyl (C=O) groups excluding carboxylic acids is 1. The van der Waals surface area contributed by atoms with Crippen LogP contribution >= 0.6 is 0 Å². The number of fused-ring (bicyclic) bond motifs is 1. The highest BCUT2D eigenvalue weighted by atomic mass is 16.5. The number of hydrogen-bond donors (Lipinski definition) is 3. The molecule has 25 heavy (non-hydrogen) atoms. The van der Waals surface area contributed by atoms with Crippen LogP contribution in [0.25, 0.3) is 5.57 Å². The number of anilines is 1. The van der Waals surface area contributed by atoms with Gasteiger partial charge in [-0.25, -0.2) is 0 Å². The molecule has 2 aromatic rings. The van der Waals surface area contributed by atoms with E-state index in [2.05, 4.69) is 26.0 Å². The van der Waals surface area contributed by atoms with Gasteiger partial charge in [0.2, 0.25) is 0 Å². The number of ether oxygens (including phenoxy) is 1. The summed E-state index contributed by atoms with van der Waals surface area (Å²) in [7, 11) is 1.64. The van der Waals surface area contributed by atoms with Gasteiger partial charge in [-0.05, 0) is 36.8 Å². The van der Waals surface area contributed by atoms with Crippen LogP contribution in [0.3, 0.4) is 0 Å². The maximum atomic E-state index is 12.4. The van der Waals surface area contributed by atoms with Gasteiger partial charge in [-0.1, -0.05) is 18.2 Å². The Morgan fingerprint density at radius 1 is 1.12 bits per heavy atom. The molecule has 2 heterocycles. The molecule has 4 rings (SSSR count). The zero-order valence-corrected chi connectivity index (χ0v) is 13.6. The van der Waals surface area contributed by atoms with E-state index in [0.29, 0.717) is 17.0 Å². The minimum absolute atomic E-state index is 0.137. The third kappa shape index (κ3) is 2.80. The summed E-state index contributed by atoms with van der Waals surface area (Å²) in [6.07, 6.45) is 8.12. The first-order chi connectivity index (χ1) is 12.3. The van der Waals surface area contributed by atoms with E-state index in [9.17, 15) is 4.79 Å². The third-order valence-electron chi connectivity index (χ3n) is 4.19. The number of H-pyrrole nitrogens is 1. The van der Waals surface area contributed by atoms with Crippen LogP contribution in [-0.4, -0.2) is 28.4 Å². The van der Waals surface area contributed by atoms with Crippen LogP contribution < -0.4 is 10.6 Å². The Labute approximate surface area is 144 Å². The minimum Gasteiger partial charge on any atom is -0.497 e. The van der Waals surface area contributed by atoms with Gasteiger partial charge in [-0.2, -0.15) is 15.4 Å². The lowest BCUT2D eigenvalue weighted by Gasteiger charge is -2.26. The van der Waals surface area contributed by atoms with E-state index in [1.165, 1.54) is 0 Å². The molecule has 7 heteroatoms. The molecule has 1 aromatic carbocycles. The fourth-order valence-electron chi connectivity index (χ4n) is 2.93. The average molecular weight is 335 g/mol. The quantitative estimate of drug-likeness (QED) is 0.802. The van der Waals surface area contributed by atoms with E-state index in [4.69, 9.17) is 4.74 Å². The molecule has 126 valence electrons. The van der Waals surface area contributed by atoms with Crippen molar-refractivity contribution in [3.8, 4) is 0 Å². The van der Waals surface area contributed by atoms with Crippen LogP contribution in [0.15, 0.2) is 54.3 Å². The number of aromatic nitrogens is 3. The molecule has 3 N–H and O–H groups in total. The molecule has 0 saturated carbocycles. The number of para-hydroxylation sites is 1. The predicted molar refractivity (Wildman–Crippen MR) is 93.5 cm³/mol. The first kappa shape index (κ1) is 15.2. The molecular formula is C18H17N5O2. The molecule has 1 aliphatic carbocycles. The summed E-state index contributed by atoms with van der Waals surface area (Å²) >= 11 is 0. The van der Waals surface area contributed by atoms with Gasteiger partial charge >= 0.3 is 0 Å². The number of methoxy groups -OCH3 is 1. The number of hydrogen-bond acceptors (Lipinski definition) is 5. The summed E-state index contributed by atoms with van der Waals surface area (Å²) < 4.78 is 5.26. The van der Waals surface area contributed by atoms with Gasteiger partial charge in [0.05, 0.1) is 12.7 Å². The SMILES string of the molecule is COC1=CCC=C(c2n[nH]nc2C2NC(=O)c3ccccc3N2)C=C1. The predicted octanol–water partition coefficient (Wildman–Crippen LogP) is 2.53. The van der Waals surface area contributed by atoms with Gasteiger partial charge in [0.15, 0.2) is 0 Å². The Morgan fingerprint density at radius 2 is 2.00 bits per heavy atom. The lowest BCUT2D eigenvalue weighted by atomic mass is 10.0. The van der Waals surface area contributed by atoms with Crippen LogP contribution in [-0.2, 0) is 4.74 Å². The van der Waals surface area contributed by atoms with Crippen molar-refractivity contribution in [2.75, 3.05) is 12.4 Å². The van der Waals surface area contributed by atoms with Crippen molar-refractivity contribution in [1.82, 2.24) is 20.7 Å². The maximum Gasteiger partial charge on any atom is 0.255 e. The molecule has 0 bridgehead atoms. The highest BCUT2D eigenvalue weighted by Gasteiger charge is 2.28. The molecule has 0 fully saturated rings. The van der Waals surface area contributed by atoms with E-state index in [0.717, 1.165) is 23.4 Å². The molecule has 0 spiro atoms. The first-order valence-electron chi connectivity index (χ1n) is 7.96. The van der Waals surface area contributed by atoms with E-state index in [1.54, 1.807) is 13.2 Å². The fraction of sp³-hybridized carbons (Fsp3) is 0.167. The van der Waals surface area contributed by atoms with E-state index < -0.39 is 6.17 Å². The maximum absolute atomic E-state index is 12.4. The fourth-order valence-corrected chi connectivity index (χ4v) is 2.93. The first-order valence-corrected chi connectivity index (χ1v) is 7.96. The van der Waals surface area contributed by atoms with Gasteiger partial charge in [0.1, 0.15) is 23.3 Å². The van der Waals surface area contributed by atoms with Crippen molar-refractivity contribution >= 4 is 17.2 Å². The Morgan fingerprint density at radius 3 is 2.88 bits per heavy atom. The van der Waals surface area contributed by atoms with Crippen LogP contribution in [0.4, 0.5) is 5.69 Å². The Bertz CT molecular complexity index is 910. The van der Waals surface area contributed by atoms with Gasteiger partial charge in [0, 0.05) is 11.3 Å². The number of nitrogens with zero attached hydrogens (tertiary/aromatic N) is 2. The van der Waals surface area contributed by atoms with E-state index in [1.807, 2.05) is 42.5 Å². The molecule has 2 aliphatic rings. The van der Waals surface area contributed by atoms with E-state index >= 15 is 0 Å². The van der Waals surface area contributed by atoms with Crippen molar-refractivity contribution < 1.29 is 9.53 Å². The summed E-state index contributed by atoms with van der Waals surface area (Å²) in [5.41, 5.74) is 3.64. The number of amides is 1. The summed E-state index contributed by atoms with van der Waals surface area (Å²) in [5.74, 6) is 0.663. The largest absolute Gasteiger partial charge is 0.497 e. The summed E-state index contributed by atoms with van der Waals surface area (Å²) in [6, 6.07) is 7.38. The molecule has 1 unspecified atom stereocenters. The van der Waals surface area contributed by atoms with Crippen LogP contribution in [0.1, 0.15) is 34.3 Å². The van der Waals surface area contributed by atoms with Gasteiger partial charge in [-0.3, -0.25) is 4.79 Å². The minimum atomic E-state index is -0.455. The van der Waals surface area contributed by atoms with Crippen LogP contribution in [0, 0.1) is 0 Å². The second-order valence-electron chi connectivity index (χ2n) is 5.69. The molecule has 0 saturated heterocycles. The van der Waals surface area contributed by atoms with Crippen molar-refractivity contribution in [2.24, 2.45) is 0 Å². The normalized spacial score (nSPS) is 19.1. The zero-order valence-electron chi connectivity index (χ0n) is 13.6. The number of benzene rings is 1. The Hall–Kier alpha value is -3.35. The molecule has 1 aromatic heterocycles. The lowest BCUT2D eigenvalue weighted by Crippen LogP contribution is -2.39. The Kier molecular flexibility index (Phi) is 3.81. The number of allylic oxidation sites excluding steroid dienone is 5. The highest BCUT2D eigenvalue weighted by Crippen LogP contribution is 2.29. The molecule has 1 amide bonds. The monoisotopic (exact) mass is 335 g/mol. The van der Waals surface area contributed by atoms with Crippen molar-refractivity contribution in [2.45, 2.75) is 12.6 Å². The smallest absolute Gasteiger partial charge is 0.255 e. The summed E-state index contributed by atoms with van der Waals surface area (Å²) in [6.45, 7) is 0. The second kappa shape index (κ2) is 6.27. The van der Waals surface area contributed by atoms with E-state index in [-0.39, 0.29) is 5.91 Å². The van der Waals surface area contributed by atoms with Crippen LogP contribution in [0.5, 0.6) is 0 Å². The number of rotatable bonds is 3. The van der Waals surface area contributed by atoms with Crippen molar-refractivity contribution in [3.63, 3.8) is 0 Å². The van der Waals surface area contributed by atoms with Gasteiger partial charge in [-0.15, -0.1) is 0 Å². The third-order valence-corrected chi connectivity index (χ3v) is 4.19. The standard InChI is InChI=1S/C18H17N5O2/c1-25-12-6-4-5-11(9-10-12)15-16(22-23-21-15)17-19-14-8-3-2-7-13(14)18(24)20-17/h2-3,5-10,17,19H,4H2,1H3,(H,20,24)(H,21,22,23). The summed E-state index contributed by atoms with van der Waals surface area (Å²) in [5, 5.41) is 17.4. The summed E-state index contributed by atoms with van der Waals surface area (Å²) in [4.78, 5) is 12.4. The highest BCUT2D eigenvalue weighted by molar-refractivity contribution is 6.01. The molecule has 1 aliphatic heterocycles. The Balaban J connectivity index is 1.65. The molecule has 0 radical (unpaired) electrons. The molecular weight excluding hydrogens is 318 g/mol. The number of aromatic amines is 1. The zero-order chi connectivity index (χ0) is 17.2. The molecule has 7 nitrogen and oxygen atoms in total. The average Bonchev–Trinajstić information content (AvgIpc) is 3.00. The topological polar surface area (TPSA) is 91.9 Å². The van der Waals surface area contributed by atoms with Gasteiger partial charge in [0.25, 0.3) is 5.91 Å². The lowest BCUT2D eigenvalue weighted by molar-refractivity contribution is 0.0935. The van der Waals surface area contributed by atoms with Gasteiger partial charge < -0.3 is 15.4 Å². The number of nitrogens with one attached hydrogen (secondary N) is 3. The second-order valence-corrected chi connectivity index (χ2v) is 5.69. The number of carbonyl (C=O) groups is 1. The van der Waals surface area contributed by atoms with Crippen molar-refractivity contribution in [1.29, 1.82) is 0 Å². The van der Waals surface area contributed by atoms with Crippen molar-refractivity contribution in [3.05, 3.63) is 71.3 Å².